The number of benzene rings is 2. The molecule has 1 unspecified atom stereocenters. The van der Waals surface area contributed by atoms with Gasteiger partial charge in [0.25, 0.3) is 5.69 Å². The first-order valence-corrected chi connectivity index (χ1v) is 17.0. The molecule has 2 aromatic carbocycles. The van der Waals surface area contributed by atoms with Crippen LogP contribution < -0.4 is 4.52 Å². The lowest BCUT2D eigenvalue weighted by molar-refractivity contribution is 0.504. The largest absolute Gasteiger partial charge is 0.436 e. The van der Waals surface area contributed by atoms with Crippen LogP contribution in [0.5, 0.6) is 5.75 Å². The Hall–Kier alpha value is -0.800. The number of rotatable bonds is 18. The Morgan fingerprint density at radius 3 is 1.58 bits per heavy atom. The van der Waals surface area contributed by atoms with Gasteiger partial charge in [0.1, 0.15) is 5.75 Å². The lowest BCUT2D eigenvalue weighted by Gasteiger charge is -2.16. The first kappa shape index (κ1) is 28.4. The van der Waals surface area contributed by atoms with E-state index in [-0.39, 0.29) is 0 Å². The first-order valence-electron chi connectivity index (χ1n) is 12.9. The molecule has 2 rings (SSSR count). The van der Waals surface area contributed by atoms with E-state index in [0.717, 1.165) is 17.7 Å². The molecule has 0 saturated carbocycles. The highest BCUT2D eigenvalue weighted by atomic mass is 32.9. The second-order valence-corrected chi connectivity index (χ2v) is 15.0. The van der Waals surface area contributed by atoms with E-state index in [1.54, 1.807) is 0 Å². The molecule has 0 spiro atoms. The van der Waals surface area contributed by atoms with Crippen LogP contribution in [0.15, 0.2) is 53.4 Å². The average Bonchev–Trinajstić information content (AvgIpc) is 2.80. The summed E-state index contributed by atoms with van der Waals surface area (Å²) in [5.41, 5.74) is -0.323. The first-order chi connectivity index (χ1) is 16.0. The molecule has 0 radical (unpaired) electrons. The smallest absolute Gasteiger partial charge is 0.299 e. The molecule has 0 saturated heterocycles. The van der Waals surface area contributed by atoms with Gasteiger partial charge < -0.3 is 9.42 Å². The molecule has 0 amide bonds. The maximum absolute atomic E-state index is 10.7. The molecule has 5 heteroatoms. The second-order valence-electron chi connectivity index (χ2n) is 8.97. The highest BCUT2D eigenvalue weighted by Gasteiger charge is 2.18. The Morgan fingerprint density at radius 1 is 0.667 bits per heavy atom. The van der Waals surface area contributed by atoms with E-state index in [4.69, 9.17) is 16.3 Å². The van der Waals surface area contributed by atoms with E-state index in [1.807, 2.05) is 12.1 Å². The highest BCUT2D eigenvalue weighted by Crippen LogP contribution is 2.59. The van der Waals surface area contributed by atoms with Gasteiger partial charge >= 0.3 is 0 Å². The minimum Gasteiger partial charge on any atom is -0.436 e. The van der Waals surface area contributed by atoms with Crippen molar-refractivity contribution >= 4 is 28.9 Å². The molecule has 33 heavy (non-hydrogen) atoms. The third kappa shape index (κ3) is 13.0. The maximum Gasteiger partial charge on any atom is 0.299 e. The standard InChI is InChI=1S/C28H43O2PS2/c1-3-5-7-9-11-13-15-25-17-21-27(22-18-25)30-31(29,32)33-28-23-19-26(20-24-28)16-14-12-10-8-6-4-2/h17-24H,3-16H2,1-2H3,(H,29,32). The van der Waals surface area contributed by atoms with E-state index >= 15 is 0 Å². The van der Waals surface area contributed by atoms with E-state index < -0.39 is 5.69 Å². The van der Waals surface area contributed by atoms with Crippen LogP contribution in [0.25, 0.3) is 0 Å². The molecular formula is C28H43O2PS2. The predicted molar refractivity (Wildman–Crippen MR) is 150 cm³/mol. The zero-order valence-corrected chi connectivity index (χ0v) is 23.2. The summed E-state index contributed by atoms with van der Waals surface area (Å²) in [5, 5.41) is 0. The van der Waals surface area contributed by atoms with Crippen LogP contribution in [0.3, 0.4) is 0 Å². The normalized spacial score (nSPS) is 13.1. The van der Waals surface area contributed by atoms with Gasteiger partial charge in [-0.15, -0.1) is 0 Å². The predicted octanol–water partition coefficient (Wildman–Crippen LogP) is 9.88. The van der Waals surface area contributed by atoms with Crippen LogP contribution in [-0.2, 0) is 24.6 Å². The van der Waals surface area contributed by atoms with Crippen molar-refractivity contribution in [3.63, 3.8) is 0 Å². The Bertz CT molecular complexity index is 740. The number of hydrogen-bond acceptors (Lipinski definition) is 3. The molecule has 1 atom stereocenters. The zero-order valence-electron chi connectivity index (χ0n) is 20.6. The van der Waals surface area contributed by atoms with E-state index in [1.165, 1.54) is 99.6 Å². The highest BCUT2D eigenvalue weighted by molar-refractivity contribution is 8.67. The van der Waals surface area contributed by atoms with Crippen molar-refractivity contribution in [2.75, 3.05) is 0 Å². The monoisotopic (exact) mass is 506 g/mol. The third-order valence-corrected chi connectivity index (χ3v) is 9.52. The van der Waals surface area contributed by atoms with E-state index in [9.17, 15) is 4.89 Å². The number of aryl methyl sites for hydroxylation is 2. The van der Waals surface area contributed by atoms with Gasteiger partial charge in [-0.05, 0) is 84.3 Å². The van der Waals surface area contributed by atoms with Crippen LogP contribution in [0.4, 0.5) is 0 Å². The topological polar surface area (TPSA) is 29.5 Å². The zero-order chi connectivity index (χ0) is 23.8. The second kappa shape index (κ2) is 16.8. The van der Waals surface area contributed by atoms with Crippen LogP contribution in [0.2, 0.25) is 0 Å². The van der Waals surface area contributed by atoms with Crippen LogP contribution in [0.1, 0.15) is 102 Å². The molecule has 0 aromatic heterocycles. The quantitative estimate of drug-likeness (QED) is 0.161. The Balaban J connectivity index is 1.72. The fraction of sp³-hybridized carbons (Fsp3) is 0.571. The molecule has 0 aliphatic carbocycles. The molecule has 184 valence electrons. The van der Waals surface area contributed by atoms with Gasteiger partial charge in [-0.2, -0.15) is 0 Å². The number of unbranched alkanes of at least 4 members (excludes halogenated alkanes) is 10. The van der Waals surface area contributed by atoms with Crippen molar-refractivity contribution in [1.82, 2.24) is 0 Å². The van der Waals surface area contributed by atoms with Crippen molar-refractivity contribution in [2.24, 2.45) is 0 Å². The van der Waals surface area contributed by atoms with Gasteiger partial charge in [-0.3, -0.25) is 0 Å². The molecule has 0 heterocycles. The molecule has 0 bridgehead atoms. The molecule has 1 N–H and O–H groups in total. The van der Waals surface area contributed by atoms with Crippen LogP contribution in [-0.4, -0.2) is 4.89 Å². The lowest BCUT2D eigenvalue weighted by atomic mass is 10.1. The molecule has 2 aromatic rings. The van der Waals surface area contributed by atoms with Gasteiger partial charge in [-0.1, -0.05) is 102 Å². The summed E-state index contributed by atoms with van der Waals surface area (Å²) >= 11 is 6.69. The van der Waals surface area contributed by atoms with Crippen molar-refractivity contribution in [2.45, 2.75) is 109 Å². The van der Waals surface area contributed by atoms with Gasteiger partial charge in [0.05, 0.1) is 0 Å². The van der Waals surface area contributed by atoms with E-state index in [0.29, 0.717) is 5.75 Å². The summed E-state index contributed by atoms with van der Waals surface area (Å²) in [6.45, 7) is 4.51. The molecule has 0 aliphatic heterocycles. The molecule has 0 aliphatic rings. The van der Waals surface area contributed by atoms with Gasteiger partial charge in [-0.25, -0.2) is 0 Å². The fourth-order valence-corrected chi connectivity index (χ4v) is 7.45. The average molecular weight is 507 g/mol. The summed E-state index contributed by atoms with van der Waals surface area (Å²) in [6, 6.07) is 16.5. The van der Waals surface area contributed by atoms with Gasteiger partial charge in [0, 0.05) is 4.90 Å². The van der Waals surface area contributed by atoms with Crippen molar-refractivity contribution in [1.29, 1.82) is 0 Å². The van der Waals surface area contributed by atoms with Crippen molar-refractivity contribution in [3.8, 4) is 5.75 Å². The molecular weight excluding hydrogens is 463 g/mol. The van der Waals surface area contributed by atoms with Crippen LogP contribution in [0, 0.1) is 0 Å². The van der Waals surface area contributed by atoms with E-state index in [2.05, 4.69) is 50.2 Å². The minimum absolute atomic E-state index is 0.653. The lowest BCUT2D eigenvalue weighted by Crippen LogP contribution is -1.91. The third-order valence-electron chi connectivity index (χ3n) is 5.93. The SMILES string of the molecule is CCCCCCCCc1ccc(OP(O)(=S)Sc2ccc(CCCCCCCC)cc2)cc1. The minimum atomic E-state index is -2.99. The van der Waals surface area contributed by atoms with Crippen molar-refractivity contribution < 1.29 is 9.42 Å². The Kier molecular flexibility index (Phi) is 14.4. The summed E-state index contributed by atoms with van der Waals surface area (Å²) in [6.07, 6.45) is 18.0. The Labute approximate surface area is 211 Å². The summed E-state index contributed by atoms with van der Waals surface area (Å²) in [5.74, 6) is 0.653. The summed E-state index contributed by atoms with van der Waals surface area (Å²) in [7, 11) is 0. The van der Waals surface area contributed by atoms with Gasteiger partial charge in [0.15, 0.2) is 0 Å². The fourth-order valence-electron chi connectivity index (χ4n) is 3.94. The molecule has 0 fully saturated rings. The Morgan fingerprint density at radius 2 is 1.09 bits per heavy atom. The summed E-state index contributed by atoms with van der Waals surface area (Å²) in [4.78, 5) is 11.7. The van der Waals surface area contributed by atoms with Crippen LogP contribution >= 0.6 is 17.1 Å². The summed E-state index contributed by atoms with van der Waals surface area (Å²) < 4.78 is 5.82. The van der Waals surface area contributed by atoms with Gasteiger partial charge in [0.2, 0.25) is 0 Å². The molecule has 2 nitrogen and oxygen atoms in total. The number of hydrogen-bond donors (Lipinski definition) is 1. The maximum atomic E-state index is 10.7. The van der Waals surface area contributed by atoms with Crippen molar-refractivity contribution in [3.05, 3.63) is 59.7 Å².